The molecule has 3 N–H and O–H groups in total. The van der Waals surface area contributed by atoms with Crippen LogP contribution in [0.5, 0.6) is 5.75 Å². The topological polar surface area (TPSA) is 82.8 Å². The minimum absolute atomic E-state index is 0.0455. The van der Waals surface area contributed by atoms with E-state index < -0.39 is 0 Å². The van der Waals surface area contributed by atoms with Crippen LogP contribution in [0.4, 0.5) is 0 Å². The van der Waals surface area contributed by atoms with Crippen LogP contribution in [0.15, 0.2) is 30.6 Å². The van der Waals surface area contributed by atoms with E-state index in [2.05, 4.69) is 20.5 Å². The summed E-state index contributed by atoms with van der Waals surface area (Å²) in [5.41, 5.74) is 4.37. The number of rotatable bonds is 5. The highest BCUT2D eigenvalue weighted by Gasteiger charge is 2.22. The third-order valence-corrected chi connectivity index (χ3v) is 4.78. The van der Waals surface area contributed by atoms with Crippen molar-refractivity contribution in [1.29, 1.82) is 0 Å². The maximum Gasteiger partial charge on any atom is 0.224 e. The maximum atomic E-state index is 12.6. The van der Waals surface area contributed by atoms with Gasteiger partial charge in [-0.1, -0.05) is 6.07 Å². The lowest BCUT2D eigenvalue weighted by Gasteiger charge is -2.22. The molecule has 6 heteroatoms. The van der Waals surface area contributed by atoms with Crippen molar-refractivity contribution in [2.45, 2.75) is 38.6 Å². The van der Waals surface area contributed by atoms with E-state index in [1.165, 1.54) is 11.3 Å². The summed E-state index contributed by atoms with van der Waals surface area (Å²) in [6, 6.07) is 6.08. The number of hydrogen-bond donors (Lipinski definition) is 3. The number of aromatic amines is 2. The van der Waals surface area contributed by atoms with Crippen LogP contribution in [0.2, 0.25) is 0 Å². The third kappa shape index (κ3) is 3.12. The van der Waals surface area contributed by atoms with Crippen LogP contribution in [-0.2, 0) is 24.1 Å². The van der Waals surface area contributed by atoms with Gasteiger partial charge in [0.2, 0.25) is 5.91 Å². The van der Waals surface area contributed by atoms with Crippen LogP contribution in [0.1, 0.15) is 30.2 Å². The van der Waals surface area contributed by atoms with Crippen LogP contribution in [0.3, 0.4) is 0 Å². The van der Waals surface area contributed by atoms with E-state index in [0.717, 1.165) is 41.5 Å². The first-order valence-electron chi connectivity index (χ1n) is 8.77. The summed E-state index contributed by atoms with van der Waals surface area (Å²) < 4.78 is 5.72. The molecule has 0 bridgehead atoms. The van der Waals surface area contributed by atoms with E-state index in [4.69, 9.17) is 4.74 Å². The van der Waals surface area contributed by atoms with Crippen LogP contribution >= 0.6 is 0 Å². The van der Waals surface area contributed by atoms with Gasteiger partial charge in [-0.2, -0.15) is 5.10 Å². The monoisotopic (exact) mass is 338 g/mol. The minimum Gasteiger partial charge on any atom is -0.493 e. The maximum absolute atomic E-state index is 12.6. The van der Waals surface area contributed by atoms with Crippen LogP contribution in [0, 0.1) is 0 Å². The van der Waals surface area contributed by atoms with Gasteiger partial charge in [0.1, 0.15) is 5.75 Å². The molecule has 2 heterocycles. The van der Waals surface area contributed by atoms with E-state index in [1.54, 1.807) is 0 Å². The number of aromatic nitrogens is 3. The molecular weight excluding hydrogens is 316 g/mol. The normalized spacial score (nSPS) is 16.6. The van der Waals surface area contributed by atoms with Crippen molar-refractivity contribution in [3.63, 3.8) is 0 Å². The van der Waals surface area contributed by atoms with Gasteiger partial charge in [-0.25, -0.2) is 0 Å². The van der Waals surface area contributed by atoms with Crippen molar-refractivity contribution in [3.8, 4) is 5.75 Å². The predicted octanol–water partition coefficient (Wildman–Crippen LogP) is 2.51. The van der Waals surface area contributed by atoms with Crippen molar-refractivity contribution in [2.24, 2.45) is 0 Å². The van der Waals surface area contributed by atoms with Crippen LogP contribution < -0.4 is 10.1 Å². The van der Waals surface area contributed by atoms with Crippen molar-refractivity contribution in [1.82, 2.24) is 20.5 Å². The summed E-state index contributed by atoms with van der Waals surface area (Å²) in [5, 5.41) is 11.3. The number of benzene rings is 1. The molecule has 25 heavy (non-hydrogen) atoms. The van der Waals surface area contributed by atoms with Gasteiger partial charge in [0.05, 0.1) is 19.2 Å². The molecule has 4 rings (SSSR count). The minimum atomic E-state index is 0.0455. The smallest absolute Gasteiger partial charge is 0.224 e. The van der Waals surface area contributed by atoms with Gasteiger partial charge in [-0.15, -0.1) is 0 Å². The number of nitrogens with zero attached hydrogens (tertiary/aromatic N) is 1. The number of H-pyrrole nitrogens is 2. The van der Waals surface area contributed by atoms with E-state index >= 15 is 0 Å². The molecule has 0 saturated heterocycles. The number of fused-ring (bicyclic) bond motifs is 2. The molecule has 1 aliphatic carbocycles. The Bertz CT molecular complexity index is 896. The van der Waals surface area contributed by atoms with Crippen molar-refractivity contribution in [3.05, 3.63) is 47.4 Å². The zero-order chi connectivity index (χ0) is 17.2. The zero-order valence-electron chi connectivity index (χ0n) is 14.3. The quantitative estimate of drug-likeness (QED) is 0.668. The summed E-state index contributed by atoms with van der Waals surface area (Å²) >= 11 is 0. The number of aryl methyl sites for hydroxylation is 1. The Morgan fingerprint density at radius 2 is 2.36 bits per heavy atom. The van der Waals surface area contributed by atoms with E-state index in [1.807, 2.05) is 37.5 Å². The summed E-state index contributed by atoms with van der Waals surface area (Å²) in [5.74, 6) is 0.869. The summed E-state index contributed by atoms with van der Waals surface area (Å²) in [4.78, 5) is 15.8. The molecule has 6 nitrogen and oxygen atoms in total. The fraction of sp³-hybridized carbons (Fsp3) is 0.368. The number of carbonyl (C=O) groups excluding carboxylic acids is 1. The highest BCUT2D eigenvalue weighted by atomic mass is 16.5. The van der Waals surface area contributed by atoms with Gasteiger partial charge in [-0.05, 0) is 49.4 Å². The number of hydrogen-bond acceptors (Lipinski definition) is 3. The van der Waals surface area contributed by atoms with Crippen molar-refractivity contribution >= 4 is 16.8 Å². The first-order chi connectivity index (χ1) is 12.2. The van der Waals surface area contributed by atoms with E-state index in [-0.39, 0.29) is 11.9 Å². The molecule has 2 aromatic heterocycles. The van der Waals surface area contributed by atoms with Gasteiger partial charge in [-0.3, -0.25) is 9.89 Å². The molecule has 1 aliphatic rings. The molecule has 3 aromatic rings. The van der Waals surface area contributed by atoms with Gasteiger partial charge >= 0.3 is 0 Å². The standard InChI is InChI=1S/C19H22N4O2/c1-2-25-17-5-3-4-16-19(17)13(10-20-16)9-18(24)22-14-6-7-15-12(8-14)11-21-23-15/h3-5,10-11,14,20H,2,6-9H2,1H3,(H,21,23)(H,22,24). The Morgan fingerprint density at radius 3 is 3.24 bits per heavy atom. The fourth-order valence-corrected chi connectivity index (χ4v) is 3.63. The van der Waals surface area contributed by atoms with Crippen molar-refractivity contribution in [2.75, 3.05) is 6.61 Å². The van der Waals surface area contributed by atoms with Gasteiger partial charge in [0.15, 0.2) is 0 Å². The summed E-state index contributed by atoms with van der Waals surface area (Å²) in [6.07, 6.45) is 6.83. The number of amides is 1. The molecule has 1 amide bonds. The first kappa shape index (κ1) is 15.7. The fourth-order valence-electron chi connectivity index (χ4n) is 3.63. The van der Waals surface area contributed by atoms with E-state index in [0.29, 0.717) is 13.0 Å². The second-order valence-corrected chi connectivity index (χ2v) is 6.48. The Morgan fingerprint density at radius 1 is 1.44 bits per heavy atom. The molecule has 0 saturated carbocycles. The first-order valence-corrected chi connectivity index (χ1v) is 8.77. The Balaban J connectivity index is 1.47. The lowest BCUT2D eigenvalue weighted by atomic mass is 9.93. The summed E-state index contributed by atoms with van der Waals surface area (Å²) in [6.45, 7) is 2.57. The third-order valence-electron chi connectivity index (χ3n) is 4.78. The molecule has 130 valence electrons. The second kappa shape index (κ2) is 6.63. The molecule has 1 unspecified atom stereocenters. The summed E-state index contributed by atoms with van der Waals surface area (Å²) in [7, 11) is 0. The molecule has 0 spiro atoms. The molecule has 0 aliphatic heterocycles. The number of carbonyl (C=O) groups is 1. The number of ether oxygens (including phenoxy) is 1. The molecule has 1 atom stereocenters. The van der Waals surface area contributed by atoms with Crippen LogP contribution in [0.25, 0.3) is 10.9 Å². The molecule has 0 fully saturated rings. The number of nitrogens with one attached hydrogen (secondary N) is 3. The lowest BCUT2D eigenvalue weighted by molar-refractivity contribution is -0.121. The molecular formula is C19H22N4O2. The van der Waals surface area contributed by atoms with Crippen molar-refractivity contribution < 1.29 is 9.53 Å². The predicted molar refractivity (Wildman–Crippen MR) is 95.7 cm³/mol. The van der Waals surface area contributed by atoms with Gasteiger partial charge in [0.25, 0.3) is 0 Å². The van der Waals surface area contributed by atoms with E-state index in [9.17, 15) is 4.79 Å². The highest BCUT2D eigenvalue weighted by Crippen LogP contribution is 2.29. The van der Waals surface area contributed by atoms with Gasteiger partial charge in [0, 0.05) is 28.8 Å². The Hall–Kier alpha value is -2.76. The Kier molecular flexibility index (Phi) is 4.17. The largest absolute Gasteiger partial charge is 0.493 e. The van der Waals surface area contributed by atoms with Gasteiger partial charge < -0.3 is 15.0 Å². The van der Waals surface area contributed by atoms with Crippen LogP contribution in [-0.4, -0.2) is 33.7 Å². The Labute approximate surface area is 146 Å². The lowest BCUT2D eigenvalue weighted by Crippen LogP contribution is -2.39. The average Bonchev–Trinajstić information content (AvgIpc) is 3.22. The second-order valence-electron chi connectivity index (χ2n) is 6.48. The SMILES string of the molecule is CCOc1cccc2[nH]cc(CC(=O)NC3CCc4[nH]ncc4C3)c12. The average molecular weight is 338 g/mol. The molecule has 1 aromatic carbocycles. The zero-order valence-corrected chi connectivity index (χ0v) is 14.3. The highest BCUT2D eigenvalue weighted by molar-refractivity contribution is 5.93. The molecule has 0 radical (unpaired) electrons.